The third kappa shape index (κ3) is 6.38. The molecule has 14 aromatic rings. The first-order chi connectivity index (χ1) is 34.2. The third-order valence-corrected chi connectivity index (χ3v) is 13.5. The topological polar surface area (TPSA) is 69.9 Å². The summed E-state index contributed by atoms with van der Waals surface area (Å²) in [6.07, 6.45) is 0. The smallest absolute Gasteiger partial charge is 0.164 e. The molecule has 0 aliphatic carbocycles. The molecule has 0 radical (unpaired) electrons. The largest absolute Gasteiger partial charge is 0.456 e. The molecule has 0 saturated carbocycles. The van der Waals surface area contributed by atoms with Gasteiger partial charge < -0.3 is 13.4 Å². The predicted molar refractivity (Wildman–Crippen MR) is 281 cm³/mol. The molecule has 0 saturated heterocycles. The summed E-state index contributed by atoms with van der Waals surface area (Å²) in [5.74, 6) is 1.78. The van der Waals surface area contributed by atoms with Gasteiger partial charge >= 0.3 is 0 Å². The standard InChI is InChI=1S/C63H38N4O2/c1-4-15-39(16-5-1)41-29-31-43(32-30-41)62-64-61(42-19-8-3-9-20-42)65-63(66-62)50-24-13-27-55-58(50)48-35-33-45(38-57(48)68-55)46-22-12-23-49-59-54(26-14-28-56(59)69-60(46)49)67-52-25-11-10-21-47(52)51-37-44(34-36-53(51)67)40-17-6-2-7-18-40/h1-38H. The molecule has 0 bridgehead atoms. The number of benzene rings is 10. The summed E-state index contributed by atoms with van der Waals surface area (Å²) in [7, 11) is 0. The summed E-state index contributed by atoms with van der Waals surface area (Å²) >= 11 is 0. The van der Waals surface area contributed by atoms with Gasteiger partial charge in [-0.15, -0.1) is 0 Å². The molecule has 0 atom stereocenters. The molecule has 14 rings (SSSR count). The van der Waals surface area contributed by atoms with Crippen molar-refractivity contribution >= 4 is 65.7 Å². The van der Waals surface area contributed by atoms with Gasteiger partial charge in [0.15, 0.2) is 17.5 Å². The van der Waals surface area contributed by atoms with Crippen LogP contribution < -0.4 is 0 Å². The summed E-state index contributed by atoms with van der Waals surface area (Å²) in [6.45, 7) is 0. The number of fused-ring (bicyclic) bond motifs is 9. The second-order valence-electron chi connectivity index (χ2n) is 17.5. The molecule has 0 aliphatic heterocycles. The van der Waals surface area contributed by atoms with E-state index in [0.717, 1.165) is 99.5 Å². The Morgan fingerprint density at radius 3 is 1.59 bits per heavy atom. The van der Waals surface area contributed by atoms with E-state index >= 15 is 0 Å². The number of rotatable bonds is 7. The first kappa shape index (κ1) is 38.8. The molecular formula is C63H38N4O2. The summed E-state index contributed by atoms with van der Waals surface area (Å²) in [5, 5.41) is 6.45. The zero-order chi connectivity index (χ0) is 45.4. The molecule has 0 N–H and O–H groups in total. The van der Waals surface area contributed by atoms with Crippen molar-refractivity contribution in [1.29, 1.82) is 0 Å². The fourth-order valence-electron chi connectivity index (χ4n) is 10.2. The van der Waals surface area contributed by atoms with Gasteiger partial charge in [0, 0.05) is 49.2 Å². The lowest BCUT2D eigenvalue weighted by Crippen LogP contribution is -2.00. The molecule has 10 aromatic carbocycles. The van der Waals surface area contributed by atoms with Gasteiger partial charge in [0.25, 0.3) is 0 Å². The fraction of sp³-hybridized carbons (Fsp3) is 0. The average molecular weight is 883 g/mol. The normalized spacial score (nSPS) is 11.8. The minimum atomic E-state index is 0.575. The van der Waals surface area contributed by atoms with Crippen LogP contribution in [0.4, 0.5) is 0 Å². The first-order valence-corrected chi connectivity index (χ1v) is 23.2. The van der Waals surface area contributed by atoms with E-state index in [9.17, 15) is 0 Å². The van der Waals surface area contributed by atoms with Crippen molar-refractivity contribution in [2.45, 2.75) is 0 Å². The lowest BCUT2D eigenvalue weighted by molar-refractivity contribution is 0.668. The number of hydrogen-bond acceptors (Lipinski definition) is 5. The SMILES string of the molecule is c1ccc(-c2ccc(-c3nc(-c4ccccc4)nc(-c4cccc5oc6cc(-c7cccc8c7oc7cccc(-n9c%10ccccc%10c%10cc(-c%11ccccc%11)ccc%109)c78)ccc6c45)n3)cc2)cc1. The van der Waals surface area contributed by atoms with Gasteiger partial charge in [0.1, 0.15) is 22.3 Å². The van der Waals surface area contributed by atoms with Crippen LogP contribution >= 0.6 is 0 Å². The Labute approximate surface area is 396 Å². The second kappa shape index (κ2) is 15.6. The molecule has 0 fully saturated rings. The molecule has 0 amide bonds. The van der Waals surface area contributed by atoms with Gasteiger partial charge in [-0.3, -0.25) is 0 Å². The van der Waals surface area contributed by atoms with Crippen LogP contribution in [-0.4, -0.2) is 19.5 Å². The summed E-state index contributed by atoms with van der Waals surface area (Å²) < 4.78 is 16.0. The van der Waals surface area contributed by atoms with E-state index in [1.807, 2.05) is 48.5 Å². The Bertz CT molecular complexity index is 4290. The van der Waals surface area contributed by atoms with Crippen LogP contribution in [0.1, 0.15) is 0 Å². The molecule has 6 heteroatoms. The van der Waals surface area contributed by atoms with Crippen LogP contribution in [0.5, 0.6) is 0 Å². The Morgan fingerprint density at radius 2 is 0.826 bits per heavy atom. The highest BCUT2D eigenvalue weighted by atomic mass is 16.3. The maximum Gasteiger partial charge on any atom is 0.164 e. The highest BCUT2D eigenvalue weighted by Gasteiger charge is 2.22. The Kier molecular flexibility index (Phi) is 8.79. The fourth-order valence-corrected chi connectivity index (χ4v) is 10.2. The van der Waals surface area contributed by atoms with Crippen LogP contribution in [0.15, 0.2) is 239 Å². The number of aromatic nitrogens is 4. The van der Waals surface area contributed by atoms with Crippen molar-refractivity contribution in [3.05, 3.63) is 231 Å². The van der Waals surface area contributed by atoms with Crippen molar-refractivity contribution < 1.29 is 8.83 Å². The van der Waals surface area contributed by atoms with Gasteiger partial charge in [-0.05, 0) is 76.3 Å². The van der Waals surface area contributed by atoms with E-state index in [0.29, 0.717) is 17.5 Å². The van der Waals surface area contributed by atoms with Crippen molar-refractivity contribution in [2.75, 3.05) is 0 Å². The van der Waals surface area contributed by atoms with E-state index in [4.69, 9.17) is 23.8 Å². The van der Waals surface area contributed by atoms with Gasteiger partial charge in [0.05, 0.1) is 22.1 Å². The van der Waals surface area contributed by atoms with Gasteiger partial charge in [-0.2, -0.15) is 0 Å². The van der Waals surface area contributed by atoms with Crippen LogP contribution in [0.3, 0.4) is 0 Å². The maximum absolute atomic E-state index is 6.88. The van der Waals surface area contributed by atoms with Crippen molar-refractivity contribution in [3.8, 4) is 73.2 Å². The monoisotopic (exact) mass is 882 g/mol. The molecular weight excluding hydrogens is 845 g/mol. The molecule has 4 heterocycles. The zero-order valence-corrected chi connectivity index (χ0v) is 37.0. The molecule has 0 unspecified atom stereocenters. The van der Waals surface area contributed by atoms with E-state index < -0.39 is 0 Å². The van der Waals surface area contributed by atoms with Crippen LogP contribution in [0.2, 0.25) is 0 Å². The highest BCUT2D eigenvalue weighted by Crippen LogP contribution is 2.44. The Morgan fingerprint density at radius 1 is 0.290 bits per heavy atom. The lowest BCUT2D eigenvalue weighted by Gasteiger charge is -2.10. The molecule has 0 aliphatic rings. The van der Waals surface area contributed by atoms with Crippen LogP contribution in [-0.2, 0) is 0 Å². The summed E-state index contributed by atoms with van der Waals surface area (Å²) in [5.41, 5.74) is 15.9. The van der Waals surface area contributed by atoms with Crippen molar-refractivity contribution in [3.63, 3.8) is 0 Å². The number of furan rings is 2. The molecule has 322 valence electrons. The maximum atomic E-state index is 6.88. The van der Waals surface area contributed by atoms with Gasteiger partial charge in [0.2, 0.25) is 0 Å². The number of para-hydroxylation sites is 2. The zero-order valence-electron chi connectivity index (χ0n) is 37.0. The van der Waals surface area contributed by atoms with Crippen molar-refractivity contribution in [2.24, 2.45) is 0 Å². The Balaban J connectivity index is 0.890. The molecule has 6 nitrogen and oxygen atoms in total. The number of nitrogens with zero attached hydrogens (tertiary/aromatic N) is 4. The lowest BCUT2D eigenvalue weighted by atomic mass is 9.99. The minimum Gasteiger partial charge on any atom is -0.456 e. The minimum absolute atomic E-state index is 0.575. The number of hydrogen-bond donors (Lipinski definition) is 0. The van der Waals surface area contributed by atoms with Gasteiger partial charge in [-0.1, -0.05) is 182 Å². The molecule has 69 heavy (non-hydrogen) atoms. The average Bonchev–Trinajstić information content (AvgIpc) is 4.11. The third-order valence-electron chi connectivity index (χ3n) is 13.5. The second-order valence-corrected chi connectivity index (χ2v) is 17.5. The summed E-state index contributed by atoms with van der Waals surface area (Å²) in [6, 6.07) is 80.3. The molecule has 0 spiro atoms. The highest BCUT2D eigenvalue weighted by molar-refractivity contribution is 6.17. The Hall–Kier alpha value is -9.39. The van der Waals surface area contributed by atoms with Gasteiger partial charge in [-0.25, -0.2) is 15.0 Å². The quantitative estimate of drug-likeness (QED) is 0.159. The van der Waals surface area contributed by atoms with Crippen molar-refractivity contribution in [1.82, 2.24) is 19.5 Å². The van der Waals surface area contributed by atoms with Crippen LogP contribution in [0, 0.1) is 0 Å². The first-order valence-electron chi connectivity index (χ1n) is 23.2. The van der Waals surface area contributed by atoms with E-state index in [1.54, 1.807) is 0 Å². The van der Waals surface area contributed by atoms with E-state index in [2.05, 4.69) is 187 Å². The van der Waals surface area contributed by atoms with Crippen LogP contribution in [0.25, 0.3) is 139 Å². The summed E-state index contributed by atoms with van der Waals surface area (Å²) in [4.78, 5) is 15.3. The van der Waals surface area contributed by atoms with E-state index in [1.165, 1.54) is 21.9 Å². The predicted octanol–water partition coefficient (Wildman–Crippen LogP) is 16.8. The molecule has 4 aromatic heterocycles. The van der Waals surface area contributed by atoms with E-state index in [-0.39, 0.29) is 0 Å².